The SMILES string of the molecule is CCCC(NCC)C(CC)N(C)CC1CCOCC1. The summed E-state index contributed by atoms with van der Waals surface area (Å²) in [6.07, 6.45) is 6.25. The Labute approximate surface area is 120 Å². The van der Waals surface area contributed by atoms with E-state index < -0.39 is 0 Å². The molecule has 0 radical (unpaired) electrons. The predicted molar refractivity (Wildman–Crippen MR) is 82.6 cm³/mol. The van der Waals surface area contributed by atoms with E-state index in [0.29, 0.717) is 12.1 Å². The molecule has 1 rings (SSSR count). The second-order valence-corrected chi connectivity index (χ2v) is 5.92. The maximum Gasteiger partial charge on any atom is 0.0469 e. The number of rotatable bonds is 9. The van der Waals surface area contributed by atoms with Gasteiger partial charge in [0.05, 0.1) is 0 Å². The topological polar surface area (TPSA) is 24.5 Å². The van der Waals surface area contributed by atoms with E-state index in [1.165, 1.54) is 38.6 Å². The summed E-state index contributed by atoms with van der Waals surface area (Å²) in [6.45, 7) is 11.1. The highest BCUT2D eigenvalue weighted by Gasteiger charge is 2.25. The van der Waals surface area contributed by atoms with Crippen LogP contribution in [0.2, 0.25) is 0 Å². The van der Waals surface area contributed by atoms with Gasteiger partial charge >= 0.3 is 0 Å². The highest BCUT2D eigenvalue weighted by atomic mass is 16.5. The average Bonchev–Trinajstić information content (AvgIpc) is 2.41. The summed E-state index contributed by atoms with van der Waals surface area (Å²) < 4.78 is 5.46. The molecule has 0 aromatic rings. The van der Waals surface area contributed by atoms with Gasteiger partial charge in [-0.1, -0.05) is 27.2 Å². The molecule has 0 aromatic carbocycles. The lowest BCUT2D eigenvalue weighted by atomic mass is 9.95. The first kappa shape index (κ1) is 16.9. The Bertz CT molecular complexity index is 211. The Morgan fingerprint density at radius 2 is 1.89 bits per heavy atom. The van der Waals surface area contributed by atoms with Gasteiger partial charge in [0, 0.05) is 31.8 Å². The number of hydrogen-bond donors (Lipinski definition) is 1. The number of likely N-dealkylation sites (N-methyl/N-ethyl adjacent to an activating group) is 2. The Balaban J connectivity index is 2.49. The van der Waals surface area contributed by atoms with Gasteiger partial charge in [-0.2, -0.15) is 0 Å². The van der Waals surface area contributed by atoms with Gasteiger partial charge in [-0.25, -0.2) is 0 Å². The molecule has 0 saturated carbocycles. The summed E-state index contributed by atoms with van der Waals surface area (Å²) in [4.78, 5) is 2.60. The Kier molecular flexibility index (Phi) is 8.67. The largest absolute Gasteiger partial charge is 0.381 e. The van der Waals surface area contributed by atoms with Crippen molar-refractivity contribution < 1.29 is 4.74 Å². The minimum atomic E-state index is 0.643. The lowest BCUT2D eigenvalue weighted by Gasteiger charge is -2.37. The minimum absolute atomic E-state index is 0.643. The standard InChI is InChI=1S/C16H34N2O/c1-5-8-15(17-7-3)16(6-2)18(4)13-14-9-11-19-12-10-14/h14-17H,5-13H2,1-4H3. The van der Waals surface area contributed by atoms with Crippen molar-refractivity contribution in [2.45, 2.75) is 65.0 Å². The van der Waals surface area contributed by atoms with E-state index in [9.17, 15) is 0 Å². The van der Waals surface area contributed by atoms with Gasteiger partial charge in [0.2, 0.25) is 0 Å². The van der Waals surface area contributed by atoms with Crippen molar-refractivity contribution in [1.29, 1.82) is 0 Å². The van der Waals surface area contributed by atoms with Crippen LogP contribution >= 0.6 is 0 Å². The molecule has 0 spiro atoms. The number of nitrogens with zero attached hydrogens (tertiary/aromatic N) is 1. The highest BCUT2D eigenvalue weighted by Crippen LogP contribution is 2.19. The fraction of sp³-hybridized carbons (Fsp3) is 1.00. The van der Waals surface area contributed by atoms with Gasteiger partial charge < -0.3 is 15.0 Å². The molecule has 0 bridgehead atoms. The molecule has 1 heterocycles. The summed E-state index contributed by atoms with van der Waals surface area (Å²) in [5.41, 5.74) is 0. The fourth-order valence-corrected chi connectivity index (χ4v) is 3.38. The number of hydrogen-bond acceptors (Lipinski definition) is 3. The zero-order chi connectivity index (χ0) is 14.1. The molecule has 0 amide bonds. The third kappa shape index (κ3) is 5.80. The molecular weight excluding hydrogens is 236 g/mol. The van der Waals surface area contributed by atoms with E-state index in [2.05, 4.69) is 38.0 Å². The fourth-order valence-electron chi connectivity index (χ4n) is 3.38. The zero-order valence-electron chi connectivity index (χ0n) is 13.5. The van der Waals surface area contributed by atoms with Gasteiger partial charge in [-0.3, -0.25) is 0 Å². The predicted octanol–water partition coefficient (Wildman–Crippen LogP) is 2.90. The Hall–Kier alpha value is -0.120. The van der Waals surface area contributed by atoms with E-state index in [1.54, 1.807) is 0 Å². The van der Waals surface area contributed by atoms with Crippen LogP contribution in [0.15, 0.2) is 0 Å². The van der Waals surface area contributed by atoms with Gasteiger partial charge in [0.15, 0.2) is 0 Å². The zero-order valence-corrected chi connectivity index (χ0v) is 13.5. The molecule has 0 aromatic heterocycles. The van der Waals surface area contributed by atoms with Crippen LogP contribution in [0.3, 0.4) is 0 Å². The summed E-state index contributed by atoms with van der Waals surface area (Å²) in [7, 11) is 2.31. The normalized spacial score (nSPS) is 20.7. The highest BCUT2D eigenvalue weighted by molar-refractivity contribution is 4.83. The van der Waals surface area contributed by atoms with Crippen LogP contribution in [0.25, 0.3) is 0 Å². The van der Waals surface area contributed by atoms with Crippen molar-refractivity contribution in [2.24, 2.45) is 5.92 Å². The molecule has 2 unspecified atom stereocenters. The summed E-state index contributed by atoms with van der Waals surface area (Å²) in [5.74, 6) is 0.830. The van der Waals surface area contributed by atoms with E-state index in [0.717, 1.165) is 25.7 Å². The van der Waals surface area contributed by atoms with Crippen molar-refractivity contribution in [1.82, 2.24) is 10.2 Å². The summed E-state index contributed by atoms with van der Waals surface area (Å²) in [5, 5.41) is 3.69. The van der Waals surface area contributed by atoms with Crippen LogP contribution in [0, 0.1) is 5.92 Å². The quantitative estimate of drug-likeness (QED) is 0.697. The third-order valence-corrected chi connectivity index (χ3v) is 4.40. The first-order chi connectivity index (χ1) is 9.22. The van der Waals surface area contributed by atoms with E-state index in [-0.39, 0.29) is 0 Å². The van der Waals surface area contributed by atoms with Gasteiger partial charge in [0.1, 0.15) is 0 Å². The van der Waals surface area contributed by atoms with Crippen LogP contribution in [0.1, 0.15) is 52.9 Å². The van der Waals surface area contributed by atoms with Crippen LogP contribution in [0.5, 0.6) is 0 Å². The average molecular weight is 270 g/mol. The molecule has 3 heteroatoms. The van der Waals surface area contributed by atoms with Crippen molar-refractivity contribution >= 4 is 0 Å². The second-order valence-electron chi connectivity index (χ2n) is 5.92. The molecule has 2 atom stereocenters. The molecule has 1 fully saturated rings. The maximum atomic E-state index is 5.46. The molecule has 3 nitrogen and oxygen atoms in total. The van der Waals surface area contributed by atoms with E-state index in [4.69, 9.17) is 4.74 Å². The van der Waals surface area contributed by atoms with Crippen LogP contribution in [0.4, 0.5) is 0 Å². The lowest BCUT2D eigenvalue weighted by molar-refractivity contribution is 0.0463. The van der Waals surface area contributed by atoms with E-state index in [1.807, 2.05) is 0 Å². The van der Waals surface area contributed by atoms with Crippen LogP contribution in [-0.4, -0.2) is 50.3 Å². The molecule has 0 aliphatic carbocycles. The third-order valence-electron chi connectivity index (χ3n) is 4.40. The van der Waals surface area contributed by atoms with E-state index >= 15 is 0 Å². The molecule has 1 aliphatic rings. The molecule has 1 N–H and O–H groups in total. The summed E-state index contributed by atoms with van der Waals surface area (Å²) in [6, 6.07) is 1.31. The number of ether oxygens (including phenoxy) is 1. The summed E-state index contributed by atoms with van der Waals surface area (Å²) >= 11 is 0. The Morgan fingerprint density at radius 1 is 1.21 bits per heavy atom. The van der Waals surface area contributed by atoms with Crippen molar-refractivity contribution in [3.8, 4) is 0 Å². The first-order valence-electron chi connectivity index (χ1n) is 8.24. The van der Waals surface area contributed by atoms with Crippen molar-refractivity contribution in [3.63, 3.8) is 0 Å². The van der Waals surface area contributed by atoms with Crippen molar-refractivity contribution in [2.75, 3.05) is 33.4 Å². The van der Waals surface area contributed by atoms with Crippen LogP contribution < -0.4 is 5.32 Å². The number of nitrogens with one attached hydrogen (secondary N) is 1. The monoisotopic (exact) mass is 270 g/mol. The minimum Gasteiger partial charge on any atom is -0.381 e. The molecular formula is C16H34N2O. The molecule has 1 saturated heterocycles. The van der Waals surface area contributed by atoms with Crippen LogP contribution in [-0.2, 0) is 4.74 Å². The second kappa shape index (κ2) is 9.73. The smallest absolute Gasteiger partial charge is 0.0469 e. The molecule has 19 heavy (non-hydrogen) atoms. The lowest BCUT2D eigenvalue weighted by Crippen LogP contribution is -2.49. The van der Waals surface area contributed by atoms with Crippen molar-refractivity contribution in [3.05, 3.63) is 0 Å². The Morgan fingerprint density at radius 3 is 2.42 bits per heavy atom. The van der Waals surface area contributed by atoms with Gasteiger partial charge in [-0.05, 0) is 45.2 Å². The first-order valence-corrected chi connectivity index (χ1v) is 8.24. The molecule has 1 aliphatic heterocycles. The van der Waals surface area contributed by atoms with Gasteiger partial charge in [0.25, 0.3) is 0 Å². The van der Waals surface area contributed by atoms with Gasteiger partial charge in [-0.15, -0.1) is 0 Å². The maximum absolute atomic E-state index is 5.46. The molecule has 114 valence electrons.